The maximum Gasteiger partial charge on any atom is 0.156 e. The predicted octanol–water partition coefficient (Wildman–Crippen LogP) is 4.52. The average molecular weight is 234 g/mol. The summed E-state index contributed by atoms with van der Waals surface area (Å²) in [5, 5.41) is 0. The molecule has 1 heteroatoms. The normalized spacial score (nSPS) is 33.4. The van der Waals surface area contributed by atoms with Gasteiger partial charge in [0.1, 0.15) is 0 Å². The number of allylic oxidation sites excluding steroid dienone is 2. The second-order valence-corrected chi connectivity index (χ2v) is 6.84. The lowest BCUT2D eigenvalue weighted by Gasteiger charge is -2.36. The van der Waals surface area contributed by atoms with Gasteiger partial charge in [-0.05, 0) is 42.6 Å². The maximum atomic E-state index is 11.8. The molecular weight excluding hydrogens is 208 g/mol. The smallest absolute Gasteiger partial charge is 0.156 e. The highest BCUT2D eigenvalue weighted by Gasteiger charge is 2.32. The number of carbonyl (C=O) groups excluding carboxylic acids is 1. The number of hydrogen-bond acceptors (Lipinski definition) is 1. The van der Waals surface area contributed by atoms with Crippen LogP contribution in [0.2, 0.25) is 0 Å². The number of hydrogen-bond donors (Lipinski definition) is 0. The third-order valence-electron chi connectivity index (χ3n) is 4.57. The minimum absolute atomic E-state index is 0.195. The van der Waals surface area contributed by atoms with Gasteiger partial charge in [0.05, 0.1) is 0 Å². The summed E-state index contributed by atoms with van der Waals surface area (Å²) in [5.41, 5.74) is 1.66. The van der Waals surface area contributed by atoms with Crippen molar-refractivity contribution in [2.45, 2.75) is 65.7 Å². The van der Waals surface area contributed by atoms with Crippen molar-refractivity contribution in [3.8, 4) is 0 Å². The molecule has 2 aliphatic rings. The molecule has 1 fully saturated rings. The van der Waals surface area contributed by atoms with Crippen LogP contribution in [0.5, 0.6) is 0 Å². The lowest BCUT2D eigenvalue weighted by Crippen LogP contribution is -2.27. The monoisotopic (exact) mass is 234 g/mol. The lowest BCUT2D eigenvalue weighted by atomic mass is 9.69. The van der Waals surface area contributed by atoms with Crippen molar-refractivity contribution in [1.82, 2.24) is 0 Å². The van der Waals surface area contributed by atoms with E-state index in [2.05, 4.69) is 20.8 Å². The molecule has 0 radical (unpaired) electrons. The zero-order valence-electron chi connectivity index (χ0n) is 11.6. The first kappa shape index (κ1) is 12.9. The van der Waals surface area contributed by atoms with Gasteiger partial charge in [-0.25, -0.2) is 0 Å². The Hall–Kier alpha value is -0.590. The summed E-state index contributed by atoms with van der Waals surface area (Å²) in [6.07, 6.45) is 10.6. The van der Waals surface area contributed by atoms with E-state index in [4.69, 9.17) is 0 Å². The minimum atomic E-state index is 0.195. The highest BCUT2D eigenvalue weighted by molar-refractivity contribution is 5.91. The molecule has 17 heavy (non-hydrogen) atoms. The van der Waals surface area contributed by atoms with E-state index in [9.17, 15) is 4.79 Å². The molecule has 2 aliphatic carbocycles. The summed E-state index contributed by atoms with van der Waals surface area (Å²) in [6, 6.07) is 0. The van der Waals surface area contributed by atoms with Crippen LogP contribution in [0.15, 0.2) is 11.6 Å². The van der Waals surface area contributed by atoms with Gasteiger partial charge in [0.2, 0.25) is 0 Å². The number of ketones is 1. The maximum absolute atomic E-state index is 11.8. The minimum Gasteiger partial charge on any atom is -0.295 e. The van der Waals surface area contributed by atoms with Gasteiger partial charge in [-0.15, -0.1) is 0 Å². The van der Waals surface area contributed by atoms with E-state index in [1.54, 1.807) is 0 Å². The quantitative estimate of drug-likeness (QED) is 0.686. The molecule has 0 aliphatic heterocycles. The Morgan fingerprint density at radius 3 is 2.71 bits per heavy atom. The van der Waals surface area contributed by atoms with E-state index >= 15 is 0 Å². The molecule has 2 unspecified atom stereocenters. The molecule has 2 atom stereocenters. The molecule has 0 N–H and O–H groups in total. The standard InChI is InChI=1S/C16H26O/c1-4-12-6-5-7-13(8-12)14-9-15(17)11-16(2,3)10-14/h9,12-13H,4-8,10-11H2,1-3H3. The summed E-state index contributed by atoms with van der Waals surface area (Å²) >= 11 is 0. The van der Waals surface area contributed by atoms with E-state index < -0.39 is 0 Å². The van der Waals surface area contributed by atoms with Gasteiger partial charge < -0.3 is 0 Å². The van der Waals surface area contributed by atoms with Crippen LogP contribution in [-0.2, 0) is 4.79 Å². The van der Waals surface area contributed by atoms with Crippen LogP contribution >= 0.6 is 0 Å². The van der Waals surface area contributed by atoms with Crippen LogP contribution in [0.3, 0.4) is 0 Å². The number of rotatable bonds is 2. The van der Waals surface area contributed by atoms with Gasteiger partial charge >= 0.3 is 0 Å². The second-order valence-electron chi connectivity index (χ2n) is 6.84. The fourth-order valence-electron chi connectivity index (χ4n) is 3.66. The first-order valence-corrected chi connectivity index (χ1v) is 7.23. The third-order valence-corrected chi connectivity index (χ3v) is 4.57. The van der Waals surface area contributed by atoms with Crippen molar-refractivity contribution >= 4 is 5.78 Å². The van der Waals surface area contributed by atoms with Gasteiger partial charge in [0, 0.05) is 6.42 Å². The highest BCUT2D eigenvalue weighted by atomic mass is 16.1. The van der Waals surface area contributed by atoms with Crippen LogP contribution in [-0.4, -0.2) is 5.78 Å². The van der Waals surface area contributed by atoms with Crippen LogP contribution in [0, 0.1) is 17.3 Å². The summed E-state index contributed by atoms with van der Waals surface area (Å²) in [6.45, 7) is 6.77. The predicted molar refractivity (Wildman–Crippen MR) is 71.8 cm³/mol. The van der Waals surface area contributed by atoms with Crippen LogP contribution in [0.1, 0.15) is 65.7 Å². The lowest BCUT2D eigenvalue weighted by molar-refractivity contribution is -0.117. The van der Waals surface area contributed by atoms with E-state index in [0.29, 0.717) is 11.7 Å². The Morgan fingerprint density at radius 2 is 2.06 bits per heavy atom. The molecule has 0 bridgehead atoms. The largest absolute Gasteiger partial charge is 0.295 e. The molecule has 0 heterocycles. The van der Waals surface area contributed by atoms with Crippen molar-refractivity contribution in [3.05, 3.63) is 11.6 Å². The van der Waals surface area contributed by atoms with Crippen molar-refractivity contribution in [1.29, 1.82) is 0 Å². The molecule has 0 aromatic rings. The van der Waals surface area contributed by atoms with Gasteiger partial charge in [-0.1, -0.05) is 45.6 Å². The van der Waals surface area contributed by atoms with Crippen LogP contribution in [0.4, 0.5) is 0 Å². The van der Waals surface area contributed by atoms with Gasteiger partial charge in [0.25, 0.3) is 0 Å². The Labute approximate surface area is 106 Å². The topological polar surface area (TPSA) is 17.1 Å². The highest BCUT2D eigenvalue weighted by Crippen LogP contribution is 2.42. The molecule has 1 nitrogen and oxygen atoms in total. The molecular formula is C16H26O. The molecule has 2 rings (SSSR count). The van der Waals surface area contributed by atoms with E-state index in [1.807, 2.05) is 6.08 Å². The first-order chi connectivity index (χ1) is 8.00. The summed E-state index contributed by atoms with van der Waals surface area (Å²) in [7, 11) is 0. The van der Waals surface area contributed by atoms with Crippen LogP contribution in [0.25, 0.3) is 0 Å². The van der Waals surface area contributed by atoms with Crippen molar-refractivity contribution in [3.63, 3.8) is 0 Å². The molecule has 0 saturated heterocycles. The zero-order valence-corrected chi connectivity index (χ0v) is 11.6. The Morgan fingerprint density at radius 1 is 1.29 bits per heavy atom. The Kier molecular flexibility index (Phi) is 3.75. The summed E-state index contributed by atoms with van der Waals surface area (Å²) in [4.78, 5) is 11.8. The first-order valence-electron chi connectivity index (χ1n) is 7.23. The van der Waals surface area contributed by atoms with Crippen molar-refractivity contribution < 1.29 is 4.79 Å². The SMILES string of the molecule is CCC1CCCC(C2=CC(=O)CC(C)(C)C2)C1. The zero-order chi connectivity index (χ0) is 12.5. The van der Waals surface area contributed by atoms with Crippen molar-refractivity contribution in [2.24, 2.45) is 17.3 Å². The molecule has 96 valence electrons. The van der Waals surface area contributed by atoms with E-state index in [1.165, 1.54) is 37.7 Å². The Balaban J connectivity index is 2.08. The fraction of sp³-hybridized carbons (Fsp3) is 0.812. The number of carbonyl (C=O) groups is 1. The van der Waals surface area contributed by atoms with E-state index in [-0.39, 0.29) is 5.41 Å². The summed E-state index contributed by atoms with van der Waals surface area (Å²) in [5.74, 6) is 1.96. The average Bonchev–Trinajstić information content (AvgIpc) is 2.26. The Bertz CT molecular complexity index is 324. The second kappa shape index (κ2) is 4.96. The molecule has 0 spiro atoms. The van der Waals surface area contributed by atoms with Crippen molar-refractivity contribution in [2.75, 3.05) is 0 Å². The van der Waals surface area contributed by atoms with Gasteiger partial charge in [0.15, 0.2) is 5.78 Å². The van der Waals surface area contributed by atoms with E-state index in [0.717, 1.165) is 18.8 Å². The molecule has 1 saturated carbocycles. The molecule has 0 aromatic heterocycles. The van der Waals surface area contributed by atoms with Gasteiger partial charge in [-0.3, -0.25) is 4.79 Å². The van der Waals surface area contributed by atoms with Crippen LogP contribution < -0.4 is 0 Å². The van der Waals surface area contributed by atoms with Gasteiger partial charge in [-0.2, -0.15) is 0 Å². The fourth-order valence-corrected chi connectivity index (χ4v) is 3.66. The molecule has 0 aromatic carbocycles. The molecule has 0 amide bonds. The third kappa shape index (κ3) is 3.20. The summed E-state index contributed by atoms with van der Waals surface area (Å²) < 4.78 is 0.